The number of nitrogen functional groups attached to an aromatic ring is 1. The summed E-state index contributed by atoms with van der Waals surface area (Å²) >= 11 is 0. The summed E-state index contributed by atoms with van der Waals surface area (Å²) in [7, 11) is 3.23. The van der Waals surface area contributed by atoms with Crippen molar-refractivity contribution in [3.8, 4) is 11.5 Å². The van der Waals surface area contributed by atoms with Crippen molar-refractivity contribution in [2.75, 3.05) is 37.9 Å². The van der Waals surface area contributed by atoms with Gasteiger partial charge in [-0.1, -0.05) is 30.3 Å². The number of piperidine rings is 1. The summed E-state index contributed by atoms with van der Waals surface area (Å²) in [5.74, 6) is 3.04. The average Bonchev–Trinajstić information content (AvgIpc) is 2.74. The monoisotopic (exact) mass is 414 g/mol. The third-order valence-electron chi connectivity index (χ3n) is 5.49. The summed E-state index contributed by atoms with van der Waals surface area (Å²) in [6, 6.07) is 14.4. The van der Waals surface area contributed by atoms with Crippen LogP contribution >= 0.6 is 12.4 Å². The minimum Gasteiger partial charge on any atom is -0.493 e. The molecule has 29 heavy (non-hydrogen) atoms. The fourth-order valence-corrected chi connectivity index (χ4v) is 3.95. The largest absolute Gasteiger partial charge is 0.493 e. The van der Waals surface area contributed by atoms with E-state index in [1.165, 1.54) is 5.56 Å². The third-order valence-corrected chi connectivity index (χ3v) is 5.49. The number of hydrogen-bond acceptors (Lipinski definition) is 6. The van der Waals surface area contributed by atoms with E-state index in [9.17, 15) is 0 Å². The second-order valence-electron chi connectivity index (χ2n) is 7.23. The van der Waals surface area contributed by atoms with Gasteiger partial charge in [-0.2, -0.15) is 4.98 Å². The first-order valence-corrected chi connectivity index (χ1v) is 9.66. The Morgan fingerprint density at radius 2 is 1.72 bits per heavy atom. The van der Waals surface area contributed by atoms with Crippen LogP contribution in [0.3, 0.4) is 0 Å². The van der Waals surface area contributed by atoms with Crippen LogP contribution in [-0.2, 0) is 6.42 Å². The molecule has 0 aliphatic carbocycles. The molecule has 0 atom stereocenters. The zero-order chi connectivity index (χ0) is 19.5. The van der Waals surface area contributed by atoms with Gasteiger partial charge in [0.15, 0.2) is 11.5 Å². The minimum absolute atomic E-state index is 0. The van der Waals surface area contributed by atoms with Gasteiger partial charge in [0.2, 0.25) is 5.95 Å². The second kappa shape index (κ2) is 9.18. The SMILES string of the molecule is COc1ccc2c(N)nc(N3CCC(Cc4ccccc4)CC3)nc2c1OC.Cl. The number of nitrogens with zero attached hydrogens (tertiary/aromatic N) is 3. The van der Waals surface area contributed by atoms with E-state index in [0.717, 1.165) is 37.7 Å². The molecule has 0 spiro atoms. The summed E-state index contributed by atoms with van der Waals surface area (Å²) in [5.41, 5.74) is 8.33. The Morgan fingerprint density at radius 3 is 2.38 bits per heavy atom. The number of benzene rings is 2. The number of aromatic nitrogens is 2. The molecule has 1 aromatic heterocycles. The molecule has 4 rings (SSSR count). The van der Waals surface area contributed by atoms with Crippen molar-refractivity contribution in [2.45, 2.75) is 19.3 Å². The molecule has 2 aromatic carbocycles. The van der Waals surface area contributed by atoms with Crippen LogP contribution in [0.15, 0.2) is 42.5 Å². The van der Waals surface area contributed by atoms with Gasteiger partial charge in [-0.05, 0) is 42.9 Å². The maximum absolute atomic E-state index is 6.23. The molecule has 2 N–H and O–H groups in total. The molecule has 1 aliphatic heterocycles. The molecule has 0 radical (unpaired) electrons. The van der Waals surface area contributed by atoms with Crippen LogP contribution in [0, 0.1) is 5.92 Å². The fraction of sp³-hybridized carbons (Fsp3) is 0.364. The van der Waals surface area contributed by atoms with Gasteiger partial charge in [0, 0.05) is 18.5 Å². The molecular weight excluding hydrogens is 388 g/mol. The van der Waals surface area contributed by atoms with Crippen molar-refractivity contribution >= 4 is 35.1 Å². The van der Waals surface area contributed by atoms with Gasteiger partial charge in [0.1, 0.15) is 11.3 Å². The molecule has 0 bridgehead atoms. The van der Waals surface area contributed by atoms with E-state index >= 15 is 0 Å². The minimum atomic E-state index is 0. The summed E-state index contributed by atoms with van der Waals surface area (Å²) in [6.45, 7) is 1.85. The smallest absolute Gasteiger partial charge is 0.228 e. The number of nitrogens with two attached hydrogens (primary N) is 1. The van der Waals surface area contributed by atoms with Gasteiger partial charge in [-0.15, -0.1) is 12.4 Å². The lowest BCUT2D eigenvalue weighted by Crippen LogP contribution is -2.35. The van der Waals surface area contributed by atoms with E-state index in [-0.39, 0.29) is 12.4 Å². The van der Waals surface area contributed by atoms with E-state index in [1.54, 1.807) is 14.2 Å². The molecule has 0 saturated carbocycles. The zero-order valence-corrected chi connectivity index (χ0v) is 17.6. The van der Waals surface area contributed by atoms with Crippen LogP contribution in [0.1, 0.15) is 18.4 Å². The highest BCUT2D eigenvalue weighted by Gasteiger charge is 2.23. The number of hydrogen-bond donors (Lipinski definition) is 1. The summed E-state index contributed by atoms with van der Waals surface area (Å²) in [4.78, 5) is 11.6. The predicted molar refractivity (Wildman–Crippen MR) is 119 cm³/mol. The third kappa shape index (κ3) is 4.32. The van der Waals surface area contributed by atoms with Gasteiger partial charge in [-0.25, -0.2) is 4.98 Å². The number of anilines is 2. The van der Waals surface area contributed by atoms with Gasteiger partial charge in [0.05, 0.1) is 14.2 Å². The van der Waals surface area contributed by atoms with Crippen molar-refractivity contribution in [3.63, 3.8) is 0 Å². The fourth-order valence-electron chi connectivity index (χ4n) is 3.95. The second-order valence-corrected chi connectivity index (χ2v) is 7.23. The lowest BCUT2D eigenvalue weighted by Gasteiger charge is -2.32. The van der Waals surface area contributed by atoms with E-state index in [1.807, 2.05) is 12.1 Å². The van der Waals surface area contributed by atoms with Crippen LogP contribution in [0.4, 0.5) is 11.8 Å². The van der Waals surface area contributed by atoms with Gasteiger partial charge >= 0.3 is 0 Å². The molecule has 7 heteroatoms. The van der Waals surface area contributed by atoms with Crippen molar-refractivity contribution in [2.24, 2.45) is 5.92 Å². The number of ether oxygens (including phenoxy) is 2. The highest BCUT2D eigenvalue weighted by molar-refractivity contribution is 5.95. The van der Waals surface area contributed by atoms with Crippen LogP contribution in [0.25, 0.3) is 10.9 Å². The first-order valence-electron chi connectivity index (χ1n) is 9.66. The molecule has 2 heterocycles. The van der Waals surface area contributed by atoms with Gasteiger partial charge < -0.3 is 20.1 Å². The topological polar surface area (TPSA) is 73.5 Å². The molecule has 1 saturated heterocycles. The zero-order valence-electron chi connectivity index (χ0n) is 16.8. The van der Waals surface area contributed by atoms with E-state index < -0.39 is 0 Å². The predicted octanol–water partition coefficient (Wildman–Crippen LogP) is 4.11. The van der Waals surface area contributed by atoms with Crippen molar-refractivity contribution in [1.29, 1.82) is 0 Å². The normalized spacial score (nSPS) is 14.5. The first-order chi connectivity index (χ1) is 13.7. The molecule has 3 aromatic rings. The summed E-state index contributed by atoms with van der Waals surface area (Å²) < 4.78 is 10.9. The van der Waals surface area contributed by atoms with Crippen LogP contribution in [0.2, 0.25) is 0 Å². The Balaban J connectivity index is 0.00000240. The van der Waals surface area contributed by atoms with E-state index in [0.29, 0.717) is 34.7 Å². The quantitative estimate of drug-likeness (QED) is 0.677. The molecule has 6 nitrogen and oxygen atoms in total. The highest BCUT2D eigenvalue weighted by atomic mass is 35.5. The Morgan fingerprint density at radius 1 is 1.00 bits per heavy atom. The molecular formula is C22H27ClN4O2. The molecule has 154 valence electrons. The van der Waals surface area contributed by atoms with Crippen LogP contribution in [0.5, 0.6) is 11.5 Å². The molecule has 0 amide bonds. The lowest BCUT2D eigenvalue weighted by molar-refractivity contribution is 0.358. The maximum atomic E-state index is 6.23. The maximum Gasteiger partial charge on any atom is 0.228 e. The lowest BCUT2D eigenvalue weighted by atomic mass is 9.90. The van der Waals surface area contributed by atoms with Crippen LogP contribution < -0.4 is 20.1 Å². The van der Waals surface area contributed by atoms with E-state index in [4.69, 9.17) is 20.2 Å². The molecule has 0 unspecified atom stereocenters. The molecule has 1 fully saturated rings. The standard InChI is InChI=1S/C22H26N4O2.ClH/c1-27-18-9-8-17-19(20(18)28-2)24-22(25-21(17)23)26-12-10-16(11-13-26)14-15-6-4-3-5-7-15;/h3-9,16H,10-14H2,1-2H3,(H2,23,24,25);1H. The summed E-state index contributed by atoms with van der Waals surface area (Å²) in [5, 5.41) is 0.778. The van der Waals surface area contributed by atoms with Crippen molar-refractivity contribution in [3.05, 3.63) is 48.0 Å². The van der Waals surface area contributed by atoms with Crippen molar-refractivity contribution < 1.29 is 9.47 Å². The Kier molecular flexibility index (Phi) is 6.64. The van der Waals surface area contributed by atoms with E-state index in [2.05, 4.69) is 40.2 Å². The number of rotatable bonds is 5. The van der Waals surface area contributed by atoms with Gasteiger partial charge in [0.25, 0.3) is 0 Å². The van der Waals surface area contributed by atoms with Gasteiger partial charge in [-0.3, -0.25) is 0 Å². The average molecular weight is 415 g/mol. The highest BCUT2D eigenvalue weighted by Crippen LogP contribution is 2.37. The van der Waals surface area contributed by atoms with Crippen molar-refractivity contribution in [1.82, 2.24) is 9.97 Å². The summed E-state index contributed by atoms with van der Waals surface area (Å²) in [6.07, 6.45) is 3.36. The molecule has 1 aliphatic rings. The Labute approximate surface area is 177 Å². The first kappa shape index (κ1) is 21.0. The Bertz CT molecular complexity index is 960. The Hall–Kier alpha value is -2.73. The number of halogens is 1. The van der Waals surface area contributed by atoms with Crippen LogP contribution in [-0.4, -0.2) is 37.3 Å². The number of fused-ring (bicyclic) bond motifs is 1. The number of methoxy groups -OCH3 is 2.